The van der Waals surface area contributed by atoms with Crippen LogP contribution in [0.2, 0.25) is 0 Å². The summed E-state index contributed by atoms with van der Waals surface area (Å²) in [6.45, 7) is 7.08. The second-order valence-electron chi connectivity index (χ2n) is 7.31. The molecule has 5 nitrogen and oxygen atoms in total. The third-order valence-corrected chi connectivity index (χ3v) is 7.45. The van der Waals surface area contributed by atoms with E-state index >= 15 is 0 Å². The molecule has 0 amide bonds. The van der Waals surface area contributed by atoms with Gasteiger partial charge in [-0.1, -0.05) is 0 Å². The summed E-state index contributed by atoms with van der Waals surface area (Å²) < 4.78 is 33.6. The van der Waals surface area contributed by atoms with E-state index in [1.165, 1.54) is 7.11 Å². The Kier molecular flexibility index (Phi) is 4.91. The van der Waals surface area contributed by atoms with Crippen molar-refractivity contribution in [2.45, 2.75) is 44.4 Å². The summed E-state index contributed by atoms with van der Waals surface area (Å²) in [6.07, 6.45) is 4.26. The molecule has 3 rings (SSSR count). The van der Waals surface area contributed by atoms with Crippen LogP contribution in [0.3, 0.4) is 0 Å². The van der Waals surface area contributed by atoms with Crippen molar-refractivity contribution < 1.29 is 13.2 Å². The van der Waals surface area contributed by atoms with Crippen molar-refractivity contribution in [2.75, 3.05) is 33.3 Å². The van der Waals surface area contributed by atoms with Gasteiger partial charge in [0.2, 0.25) is 10.0 Å². The Morgan fingerprint density at radius 2 is 1.88 bits per heavy atom. The van der Waals surface area contributed by atoms with Gasteiger partial charge in [0.1, 0.15) is 10.6 Å². The summed E-state index contributed by atoms with van der Waals surface area (Å²) in [5.74, 6) is 0.444. The molecule has 0 saturated carbocycles. The minimum absolute atomic E-state index is 0.0938. The monoisotopic (exact) mass is 352 g/mol. The van der Waals surface area contributed by atoms with E-state index in [2.05, 4.69) is 5.32 Å². The van der Waals surface area contributed by atoms with Crippen LogP contribution in [-0.2, 0) is 10.0 Å². The highest BCUT2D eigenvalue weighted by Gasteiger charge is 2.41. The number of piperidine rings is 2. The van der Waals surface area contributed by atoms with Crippen LogP contribution in [0.15, 0.2) is 17.0 Å². The SMILES string of the molecule is COc1cc(C)c(C)cc1S(=O)(=O)N1CCCC2(CCCNC2)C1. The number of rotatable bonds is 3. The molecular formula is C18H28N2O3S. The molecule has 2 saturated heterocycles. The Morgan fingerprint density at radius 3 is 2.54 bits per heavy atom. The van der Waals surface area contributed by atoms with Gasteiger partial charge < -0.3 is 10.1 Å². The molecule has 2 aliphatic heterocycles. The van der Waals surface area contributed by atoms with Crippen molar-refractivity contribution in [1.82, 2.24) is 9.62 Å². The molecule has 24 heavy (non-hydrogen) atoms. The molecule has 0 aliphatic carbocycles. The standard InChI is InChI=1S/C18H28N2O3S/c1-14-10-16(23-3)17(11-15(14)2)24(21,22)20-9-5-7-18(13-20)6-4-8-19-12-18/h10-11,19H,4-9,12-13H2,1-3H3. The van der Waals surface area contributed by atoms with E-state index in [4.69, 9.17) is 4.74 Å². The first kappa shape index (κ1) is 17.7. The van der Waals surface area contributed by atoms with Gasteiger partial charge in [0.15, 0.2) is 0 Å². The molecule has 134 valence electrons. The Morgan fingerprint density at radius 1 is 1.17 bits per heavy atom. The quantitative estimate of drug-likeness (QED) is 0.908. The van der Waals surface area contributed by atoms with Crippen LogP contribution < -0.4 is 10.1 Å². The van der Waals surface area contributed by atoms with Crippen LogP contribution in [-0.4, -0.2) is 46.0 Å². The molecule has 2 fully saturated rings. The summed E-state index contributed by atoms with van der Waals surface area (Å²) in [5, 5.41) is 3.45. The van der Waals surface area contributed by atoms with Crippen LogP contribution in [0.5, 0.6) is 5.75 Å². The predicted molar refractivity (Wildman–Crippen MR) is 95.0 cm³/mol. The van der Waals surface area contributed by atoms with Crippen LogP contribution in [0.1, 0.15) is 36.8 Å². The lowest BCUT2D eigenvalue weighted by Gasteiger charge is -2.44. The lowest BCUT2D eigenvalue weighted by atomic mass is 9.75. The molecule has 1 atom stereocenters. The summed E-state index contributed by atoms with van der Waals surface area (Å²) in [5.41, 5.74) is 2.11. The van der Waals surface area contributed by atoms with Crippen LogP contribution in [0, 0.1) is 19.3 Å². The summed E-state index contributed by atoms with van der Waals surface area (Å²) in [6, 6.07) is 3.58. The molecule has 2 heterocycles. The zero-order valence-electron chi connectivity index (χ0n) is 14.9. The highest BCUT2D eigenvalue weighted by atomic mass is 32.2. The minimum atomic E-state index is -3.54. The minimum Gasteiger partial charge on any atom is -0.495 e. The number of nitrogens with zero attached hydrogens (tertiary/aromatic N) is 1. The number of benzene rings is 1. The average molecular weight is 353 g/mol. The average Bonchev–Trinajstić information content (AvgIpc) is 2.57. The highest BCUT2D eigenvalue weighted by molar-refractivity contribution is 7.89. The number of nitrogens with one attached hydrogen (secondary N) is 1. The molecule has 0 radical (unpaired) electrons. The van der Waals surface area contributed by atoms with Crippen LogP contribution in [0.4, 0.5) is 0 Å². The fourth-order valence-corrected chi connectivity index (χ4v) is 5.82. The molecule has 1 unspecified atom stereocenters. The topological polar surface area (TPSA) is 58.6 Å². The normalized spacial score (nSPS) is 25.8. The Bertz CT molecular complexity index is 704. The molecule has 0 bridgehead atoms. The van der Waals surface area contributed by atoms with E-state index in [0.29, 0.717) is 23.7 Å². The number of aryl methyl sites for hydroxylation is 2. The van der Waals surface area contributed by atoms with E-state index in [-0.39, 0.29) is 5.41 Å². The van der Waals surface area contributed by atoms with Crippen LogP contribution in [0.25, 0.3) is 0 Å². The van der Waals surface area contributed by atoms with Crippen molar-refractivity contribution in [3.63, 3.8) is 0 Å². The summed E-state index contributed by atoms with van der Waals surface area (Å²) >= 11 is 0. The number of methoxy groups -OCH3 is 1. The first-order chi connectivity index (χ1) is 11.4. The smallest absolute Gasteiger partial charge is 0.246 e. The highest BCUT2D eigenvalue weighted by Crippen LogP contribution is 2.39. The predicted octanol–water partition coefficient (Wildman–Crippen LogP) is 2.47. The first-order valence-corrected chi connectivity index (χ1v) is 10.2. The summed E-state index contributed by atoms with van der Waals surface area (Å²) in [4.78, 5) is 0.300. The first-order valence-electron chi connectivity index (χ1n) is 8.74. The summed E-state index contributed by atoms with van der Waals surface area (Å²) in [7, 11) is -2.01. The number of hydrogen-bond donors (Lipinski definition) is 1. The lowest BCUT2D eigenvalue weighted by molar-refractivity contribution is 0.110. The van der Waals surface area contributed by atoms with Gasteiger partial charge in [0.05, 0.1) is 7.11 Å². The largest absolute Gasteiger partial charge is 0.495 e. The second-order valence-corrected chi connectivity index (χ2v) is 9.22. The van der Waals surface area contributed by atoms with E-state index in [9.17, 15) is 8.42 Å². The number of hydrogen-bond acceptors (Lipinski definition) is 4. The van der Waals surface area contributed by atoms with Gasteiger partial charge in [-0.15, -0.1) is 0 Å². The van der Waals surface area contributed by atoms with Gasteiger partial charge in [-0.25, -0.2) is 8.42 Å². The van der Waals surface area contributed by atoms with Gasteiger partial charge in [-0.3, -0.25) is 0 Å². The van der Waals surface area contributed by atoms with E-state index in [1.807, 2.05) is 19.9 Å². The molecule has 1 N–H and O–H groups in total. The maximum atomic E-state index is 13.3. The van der Waals surface area contributed by atoms with E-state index in [0.717, 1.165) is 49.9 Å². The van der Waals surface area contributed by atoms with Gasteiger partial charge in [0, 0.05) is 19.6 Å². The van der Waals surface area contributed by atoms with Gasteiger partial charge >= 0.3 is 0 Å². The molecule has 1 aromatic carbocycles. The molecule has 1 spiro atoms. The molecule has 6 heteroatoms. The van der Waals surface area contributed by atoms with Gasteiger partial charge in [-0.05, 0) is 74.8 Å². The Labute approximate surface area is 145 Å². The lowest BCUT2D eigenvalue weighted by Crippen LogP contribution is -2.52. The third kappa shape index (κ3) is 3.19. The Balaban J connectivity index is 1.94. The third-order valence-electron chi connectivity index (χ3n) is 5.58. The number of sulfonamides is 1. The maximum Gasteiger partial charge on any atom is 0.246 e. The number of ether oxygens (including phenoxy) is 1. The van der Waals surface area contributed by atoms with Gasteiger partial charge in [-0.2, -0.15) is 4.31 Å². The maximum absolute atomic E-state index is 13.3. The van der Waals surface area contributed by atoms with E-state index < -0.39 is 10.0 Å². The van der Waals surface area contributed by atoms with Crippen molar-refractivity contribution >= 4 is 10.0 Å². The Hall–Kier alpha value is -1.11. The molecular weight excluding hydrogens is 324 g/mol. The fourth-order valence-electron chi connectivity index (χ4n) is 4.01. The van der Waals surface area contributed by atoms with Crippen molar-refractivity contribution in [2.24, 2.45) is 5.41 Å². The van der Waals surface area contributed by atoms with Crippen LogP contribution >= 0.6 is 0 Å². The molecule has 1 aromatic rings. The zero-order chi connectivity index (χ0) is 17.4. The molecule has 2 aliphatic rings. The fraction of sp³-hybridized carbons (Fsp3) is 0.667. The van der Waals surface area contributed by atoms with E-state index in [1.54, 1.807) is 10.4 Å². The van der Waals surface area contributed by atoms with Crippen molar-refractivity contribution in [3.8, 4) is 5.75 Å². The van der Waals surface area contributed by atoms with Crippen molar-refractivity contribution in [1.29, 1.82) is 0 Å². The zero-order valence-corrected chi connectivity index (χ0v) is 15.7. The second kappa shape index (κ2) is 6.65. The molecule has 0 aromatic heterocycles. The van der Waals surface area contributed by atoms with Gasteiger partial charge in [0.25, 0.3) is 0 Å². The van der Waals surface area contributed by atoms with Crippen molar-refractivity contribution in [3.05, 3.63) is 23.3 Å².